The van der Waals surface area contributed by atoms with Crippen molar-refractivity contribution < 1.29 is 9.15 Å². The van der Waals surface area contributed by atoms with E-state index in [1.807, 2.05) is 61.0 Å². The van der Waals surface area contributed by atoms with Gasteiger partial charge in [-0.25, -0.2) is 14.5 Å². The molecule has 0 aliphatic heterocycles. The normalized spacial score (nSPS) is 11.3. The predicted molar refractivity (Wildman–Crippen MR) is 123 cm³/mol. The molecule has 1 aromatic carbocycles. The number of hydrogen-bond acceptors (Lipinski definition) is 7. The Bertz CT molecular complexity index is 1330. The molecular formula is C23H21N5O2S. The molecule has 0 aliphatic rings. The minimum Gasteiger partial charge on any atom is -0.477 e. The Morgan fingerprint density at radius 1 is 1.10 bits per heavy atom. The third-order valence-electron chi connectivity index (χ3n) is 4.85. The molecule has 5 aromatic rings. The summed E-state index contributed by atoms with van der Waals surface area (Å²) in [6.07, 6.45) is 3.46. The van der Waals surface area contributed by atoms with E-state index in [9.17, 15) is 0 Å². The minimum absolute atomic E-state index is 0.542. The fraction of sp³-hybridized carbons (Fsp3) is 0.174. The Hall–Kier alpha value is -3.52. The number of hydrogen-bond donors (Lipinski definition) is 0. The zero-order chi connectivity index (χ0) is 21.2. The van der Waals surface area contributed by atoms with Crippen LogP contribution in [0.25, 0.3) is 28.1 Å². The number of anilines is 1. The van der Waals surface area contributed by atoms with Crippen LogP contribution in [0.1, 0.15) is 6.92 Å². The molecule has 0 radical (unpaired) electrons. The molecule has 0 bridgehead atoms. The largest absolute Gasteiger partial charge is 0.477 e. The van der Waals surface area contributed by atoms with Crippen molar-refractivity contribution in [2.75, 3.05) is 24.4 Å². The number of ether oxygens (including phenoxy) is 1. The predicted octanol–water partition coefficient (Wildman–Crippen LogP) is 5.12. The van der Waals surface area contributed by atoms with Crippen LogP contribution >= 0.6 is 11.8 Å². The lowest BCUT2D eigenvalue weighted by atomic mass is 10.3. The van der Waals surface area contributed by atoms with Crippen LogP contribution in [0, 0.1) is 0 Å². The van der Waals surface area contributed by atoms with Crippen LogP contribution in [0.2, 0.25) is 0 Å². The molecule has 0 saturated heterocycles. The van der Waals surface area contributed by atoms with E-state index in [-0.39, 0.29) is 0 Å². The molecule has 0 unspecified atom stereocenters. The second-order valence-electron chi connectivity index (χ2n) is 6.96. The lowest BCUT2D eigenvalue weighted by molar-refractivity contribution is 0.331. The maximum atomic E-state index is 6.07. The number of nitrogens with zero attached hydrogens (tertiary/aromatic N) is 5. The number of rotatable bonds is 7. The Kier molecular flexibility index (Phi) is 5.21. The smallest absolute Gasteiger partial charge is 0.224 e. The third-order valence-corrected chi connectivity index (χ3v) is 5.97. The van der Waals surface area contributed by atoms with E-state index in [0.29, 0.717) is 18.2 Å². The van der Waals surface area contributed by atoms with Crippen molar-refractivity contribution in [2.45, 2.75) is 11.8 Å². The van der Waals surface area contributed by atoms with Gasteiger partial charge >= 0.3 is 0 Å². The third kappa shape index (κ3) is 3.82. The van der Waals surface area contributed by atoms with Gasteiger partial charge in [0.25, 0.3) is 0 Å². The zero-order valence-electron chi connectivity index (χ0n) is 17.2. The van der Waals surface area contributed by atoms with Crippen molar-refractivity contribution in [3.8, 4) is 17.3 Å². The second kappa shape index (κ2) is 8.31. The summed E-state index contributed by atoms with van der Waals surface area (Å²) in [4.78, 5) is 12.1. The first kappa shape index (κ1) is 19.4. The maximum Gasteiger partial charge on any atom is 0.224 e. The highest BCUT2D eigenvalue weighted by Crippen LogP contribution is 2.32. The summed E-state index contributed by atoms with van der Waals surface area (Å²) < 4.78 is 13.5. The van der Waals surface area contributed by atoms with Crippen molar-refractivity contribution in [2.24, 2.45) is 0 Å². The van der Waals surface area contributed by atoms with Crippen molar-refractivity contribution in [3.63, 3.8) is 0 Å². The van der Waals surface area contributed by atoms with E-state index in [1.54, 1.807) is 24.2 Å². The van der Waals surface area contributed by atoms with Gasteiger partial charge in [0, 0.05) is 24.2 Å². The number of thioether (sulfide) groups is 1. The van der Waals surface area contributed by atoms with Crippen molar-refractivity contribution in [3.05, 3.63) is 67.0 Å². The highest BCUT2D eigenvalue weighted by molar-refractivity contribution is 7.99. The highest BCUT2D eigenvalue weighted by Gasteiger charge is 2.16. The number of aromatic nitrogens is 4. The number of imidazole rings is 1. The monoisotopic (exact) mass is 431 g/mol. The Morgan fingerprint density at radius 3 is 2.81 bits per heavy atom. The van der Waals surface area contributed by atoms with Crippen LogP contribution in [0.5, 0.6) is 5.88 Å². The average molecular weight is 432 g/mol. The van der Waals surface area contributed by atoms with Gasteiger partial charge in [0.05, 0.1) is 24.1 Å². The minimum atomic E-state index is 0.542. The van der Waals surface area contributed by atoms with Crippen molar-refractivity contribution >= 4 is 34.2 Å². The van der Waals surface area contributed by atoms with E-state index >= 15 is 0 Å². The molecule has 156 valence electrons. The molecule has 0 spiro atoms. The van der Waals surface area contributed by atoms with Crippen LogP contribution in [0.3, 0.4) is 0 Å². The zero-order valence-corrected chi connectivity index (χ0v) is 18.0. The molecule has 4 heterocycles. The summed E-state index contributed by atoms with van der Waals surface area (Å²) in [5.74, 6) is 2.86. The summed E-state index contributed by atoms with van der Waals surface area (Å²) in [6.45, 7) is 2.48. The number of fused-ring (bicyclic) bond motifs is 2. The van der Waals surface area contributed by atoms with E-state index in [2.05, 4.69) is 27.0 Å². The van der Waals surface area contributed by atoms with Crippen LogP contribution in [0.15, 0.2) is 76.3 Å². The molecule has 31 heavy (non-hydrogen) atoms. The topological polar surface area (TPSA) is 68.7 Å². The SMILES string of the molecule is CCOc1nccc2oc(-c3cnc4ccc(N(C)CSc5ccccc5)nn34)cc12. The Balaban J connectivity index is 1.46. The van der Waals surface area contributed by atoms with Crippen LogP contribution in [-0.2, 0) is 0 Å². The Labute approximate surface area is 183 Å². The molecule has 0 atom stereocenters. The van der Waals surface area contributed by atoms with Crippen molar-refractivity contribution in [1.82, 2.24) is 19.6 Å². The number of benzene rings is 1. The second-order valence-corrected chi connectivity index (χ2v) is 7.98. The first-order chi connectivity index (χ1) is 15.2. The lowest BCUT2D eigenvalue weighted by Gasteiger charge is -2.17. The van der Waals surface area contributed by atoms with Gasteiger partial charge in [-0.3, -0.25) is 0 Å². The lowest BCUT2D eigenvalue weighted by Crippen LogP contribution is -2.18. The number of pyridine rings is 1. The maximum absolute atomic E-state index is 6.07. The van der Waals surface area contributed by atoms with E-state index < -0.39 is 0 Å². The highest BCUT2D eigenvalue weighted by atomic mass is 32.2. The van der Waals surface area contributed by atoms with E-state index in [4.69, 9.17) is 14.3 Å². The van der Waals surface area contributed by atoms with Gasteiger partial charge in [-0.05, 0) is 37.3 Å². The summed E-state index contributed by atoms with van der Waals surface area (Å²) in [7, 11) is 2.03. The fourth-order valence-electron chi connectivity index (χ4n) is 3.31. The van der Waals surface area contributed by atoms with Gasteiger partial charge in [-0.15, -0.1) is 16.9 Å². The standard InChI is InChI=1S/C23H21N5O2S/c1-3-29-23-17-13-20(30-19(17)11-12-24-23)18-14-25-21-9-10-22(26-28(18)21)27(2)15-31-16-7-5-4-6-8-16/h4-14H,3,15H2,1-2H3. The Morgan fingerprint density at radius 2 is 1.97 bits per heavy atom. The molecule has 4 aromatic heterocycles. The van der Waals surface area contributed by atoms with Gasteiger partial charge in [-0.2, -0.15) is 0 Å². The quantitative estimate of drug-likeness (QED) is 0.262. The number of furan rings is 1. The molecule has 8 heteroatoms. The molecule has 7 nitrogen and oxygen atoms in total. The molecule has 0 aliphatic carbocycles. The summed E-state index contributed by atoms with van der Waals surface area (Å²) in [5.41, 5.74) is 2.25. The fourth-order valence-corrected chi connectivity index (χ4v) is 4.13. The molecule has 0 amide bonds. The van der Waals surface area contributed by atoms with Gasteiger partial charge in [0.15, 0.2) is 11.4 Å². The molecule has 5 rings (SSSR count). The van der Waals surface area contributed by atoms with E-state index in [0.717, 1.165) is 34.0 Å². The van der Waals surface area contributed by atoms with Crippen LogP contribution < -0.4 is 9.64 Å². The first-order valence-electron chi connectivity index (χ1n) is 9.98. The summed E-state index contributed by atoms with van der Waals surface area (Å²) in [5, 5.41) is 5.65. The molecular weight excluding hydrogens is 410 g/mol. The average Bonchev–Trinajstić information content (AvgIpc) is 3.42. The van der Waals surface area contributed by atoms with Gasteiger partial charge in [0.1, 0.15) is 17.1 Å². The van der Waals surface area contributed by atoms with E-state index in [1.165, 1.54) is 4.90 Å². The molecule has 0 N–H and O–H groups in total. The molecule has 0 fully saturated rings. The van der Waals surface area contributed by atoms with Crippen LogP contribution in [-0.4, -0.2) is 39.1 Å². The van der Waals surface area contributed by atoms with Gasteiger partial charge < -0.3 is 14.1 Å². The summed E-state index contributed by atoms with van der Waals surface area (Å²) >= 11 is 1.76. The van der Waals surface area contributed by atoms with Gasteiger partial charge in [-0.1, -0.05) is 18.2 Å². The van der Waals surface area contributed by atoms with Gasteiger partial charge in [0.2, 0.25) is 5.88 Å². The first-order valence-corrected chi connectivity index (χ1v) is 11.0. The van der Waals surface area contributed by atoms with Crippen LogP contribution in [0.4, 0.5) is 5.82 Å². The van der Waals surface area contributed by atoms with Crippen molar-refractivity contribution in [1.29, 1.82) is 0 Å². The summed E-state index contributed by atoms with van der Waals surface area (Å²) in [6, 6.07) is 18.0. The molecule has 0 saturated carbocycles.